The van der Waals surface area contributed by atoms with Gasteiger partial charge in [0.2, 0.25) is 0 Å². The number of aryl methyl sites for hydroxylation is 1. The Morgan fingerprint density at radius 1 is 1.47 bits per heavy atom. The van der Waals surface area contributed by atoms with Crippen molar-refractivity contribution in [2.45, 2.75) is 20.3 Å². The molecule has 5 nitrogen and oxygen atoms in total. The molecule has 1 aromatic heterocycles. The molecule has 0 amide bonds. The van der Waals surface area contributed by atoms with Crippen LogP contribution in [0.3, 0.4) is 0 Å². The largest absolute Gasteiger partial charge is 0.497 e. The number of aromatic nitrogens is 2. The fourth-order valence-corrected chi connectivity index (χ4v) is 1.79. The van der Waals surface area contributed by atoms with Crippen LogP contribution < -0.4 is 4.74 Å². The number of hydrogen-bond donors (Lipinski definition) is 1. The molecule has 17 heavy (non-hydrogen) atoms. The van der Waals surface area contributed by atoms with Crippen LogP contribution in [0.5, 0.6) is 5.75 Å². The topological polar surface area (TPSA) is 56.5 Å². The van der Waals surface area contributed by atoms with Crippen molar-refractivity contribution < 1.29 is 14.6 Å². The second kappa shape index (κ2) is 4.73. The standard InChI is InChI=1S/C12H16N2O3/c1-4-17-12(15)14-11-7-9(16-3)5-6-10(11)8(2)13-14/h5-7,12,15H,4H2,1-3H3. The minimum atomic E-state index is -1.07. The molecule has 0 fully saturated rings. The van der Waals surface area contributed by atoms with E-state index in [4.69, 9.17) is 9.47 Å². The summed E-state index contributed by atoms with van der Waals surface area (Å²) in [6, 6.07) is 5.62. The Labute approximate surface area is 99.6 Å². The van der Waals surface area contributed by atoms with E-state index in [2.05, 4.69) is 5.10 Å². The quantitative estimate of drug-likeness (QED) is 0.823. The third-order valence-electron chi connectivity index (χ3n) is 2.62. The highest BCUT2D eigenvalue weighted by atomic mass is 16.6. The number of rotatable bonds is 4. The van der Waals surface area contributed by atoms with Crippen LogP contribution in [-0.4, -0.2) is 28.6 Å². The summed E-state index contributed by atoms with van der Waals surface area (Å²) in [7, 11) is 1.60. The first kappa shape index (κ1) is 11.9. The summed E-state index contributed by atoms with van der Waals surface area (Å²) >= 11 is 0. The Morgan fingerprint density at radius 2 is 2.24 bits per heavy atom. The van der Waals surface area contributed by atoms with Crippen molar-refractivity contribution in [1.29, 1.82) is 0 Å². The highest BCUT2D eigenvalue weighted by Gasteiger charge is 2.14. The van der Waals surface area contributed by atoms with Gasteiger partial charge in [0.1, 0.15) is 5.75 Å². The van der Waals surface area contributed by atoms with E-state index in [0.29, 0.717) is 6.61 Å². The van der Waals surface area contributed by atoms with E-state index < -0.39 is 6.41 Å². The molecule has 2 aromatic rings. The minimum Gasteiger partial charge on any atom is -0.497 e. The zero-order chi connectivity index (χ0) is 12.4. The fraction of sp³-hybridized carbons (Fsp3) is 0.417. The van der Waals surface area contributed by atoms with Gasteiger partial charge in [-0.1, -0.05) is 0 Å². The average molecular weight is 236 g/mol. The summed E-state index contributed by atoms with van der Waals surface area (Å²) < 4.78 is 11.8. The molecule has 1 atom stereocenters. The maximum atomic E-state index is 9.83. The Bertz CT molecular complexity index is 522. The highest BCUT2D eigenvalue weighted by molar-refractivity contribution is 5.83. The van der Waals surface area contributed by atoms with Gasteiger partial charge in [-0.05, 0) is 26.0 Å². The molecule has 0 aliphatic heterocycles. The van der Waals surface area contributed by atoms with Crippen molar-refractivity contribution in [3.63, 3.8) is 0 Å². The molecule has 1 N–H and O–H groups in total. The number of aliphatic hydroxyl groups is 1. The van der Waals surface area contributed by atoms with Gasteiger partial charge in [-0.25, -0.2) is 4.68 Å². The Morgan fingerprint density at radius 3 is 2.88 bits per heavy atom. The number of ether oxygens (including phenoxy) is 2. The average Bonchev–Trinajstić information content (AvgIpc) is 2.66. The van der Waals surface area contributed by atoms with Gasteiger partial charge in [0.05, 0.1) is 18.3 Å². The third-order valence-corrected chi connectivity index (χ3v) is 2.62. The van der Waals surface area contributed by atoms with Gasteiger partial charge in [-0.2, -0.15) is 5.10 Å². The van der Waals surface area contributed by atoms with Crippen molar-refractivity contribution in [3.05, 3.63) is 23.9 Å². The summed E-state index contributed by atoms with van der Waals surface area (Å²) in [5.74, 6) is 0.724. The molecule has 92 valence electrons. The van der Waals surface area contributed by atoms with Crippen molar-refractivity contribution in [2.75, 3.05) is 13.7 Å². The van der Waals surface area contributed by atoms with Crippen LogP contribution in [0.25, 0.3) is 10.9 Å². The van der Waals surface area contributed by atoms with Crippen molar-refractivity contribution in [2.24, 2.45) is 0 Å². The predicted molar refractivity (Wildman–Crippen MR) is 63.9 cm³/mol. The number of hydrogen-bond acceptors (Lipinski definition) is 4. The Balaban J connectivity index is 2.54. The van der Waals surface area contributed by atoms with E-state index in [1.54, 1.807) is 7.11 Å². The molecule has 0 aliphatic rings. The first-order chi connectivity index (χ1) is 8.17. The molecular formula is C12H16N2O3. The molecule has 5 heteroatoms. The molecule has 1 unspecified atom stereocenters. The zero-order valence-electron chi connectivity index (χ0n) is 10.2. The third kappa shape index (κ3) is 2.11. The SMILES string of the molecule is CCOC(O)n1nc(C)c2ccc(OC)cc21. The molecule has 0 spiro atoms. The van der Waals surface area contributed by atoms with E-state index in [-0.39, 0.29) is 0 Å². The van der Waals surface area contributed by atoms with E-state index in [1.807, 2.05) is 32.0 Å². The first-order valence-corrected chi connectivity index (χ1v) is 5.50. The molecular weight excluding hydrogens is 220 g/mol. The summed E-state index contributed by atoms with van der Waals surface area (Å²) in [5.41, 5.74) is 1.64. The summed E-state index contributed by atoms with van der Waals surface area (Å²) in [4.78, 5) is 0. The summed E-state index contributed by atoms with van der Waals surface area (Å²) in [6.45, 7) is 4.14. The van der Waals surface area contributed by atoms with Crippen LogP contribution in [0.2, 0.25) is 0 Å². The van der Waals surface area contributed by atoms with Crippen molar-refractivity contribution in [3.8, 4) is 5.75 Å². The highest BCUT2D eigenvalue weighted by Crippen LogP contribution is 2.25. The van der Waals surface area contributed by atoms with Crippen LogP contribution in [0.1, 0.15) is 19.0 Å². The lowest BCUT2D eigenvalue weighted by molar-refractivity contribution is -0.153. The van der Waals surface area contributed by atoms with Crippen molar-refractivity contribution >= 4 is 10.9 Å². The number of aliphatic hydroxyl groups excluding tert-OH is 1. The van der Waals surface area contributed by atoms with Gasteiger partial charge in [0.15, 0.2) is 0 Å². The van der Waals surface area contributed by atoms with Gasteiger partial charge in [-0.3, -0.25) is 0 Å². The van der Waals surface area contributed by atoms with Gasteiger partial charge in [0.25, 0.3) is 6.41 Å². The second-order valence-electron chi connectivity index (χ2n) is 3.69. The second-order valence-corrected chi connectivity index (χ2v) is 3.69. The first-order valence-electron chi connectivity index (χ1n) is 5.50. The summed E-state index contributed by atoms with van der Waals surface area (Å²) in [6.07, 6.45) is -1.07. The lowest BCUT2D eigenvalue weighted by Crippen LogP contribution is -2.13. The number of benzene rings is 1. The molecule has 0 saturated heterocycles. The van der Waals surface area contributed by atoms with Crippen molar-refractivity contribution in [1.82, 2.24) is 9.78 Å². The lowest BCUT2D eigenvalue weighted by atomic mass is 10.2. The molecule has 1 aromatic carbocycles. The number of methoxy groups -OCH3 is 1. The molecule has 2 rings (SSSR count). The Kier molecular flexibility index (Phi) is 3.31. The van der Waals surface area contributed by atoms with Gasteiger partial charge >= 0.3 is 0 Å². The molecule has 1 heterocycles. The van der Waals surface area contributed by atoms with E-state index in [0.717, 1.165) is 22.3 Å². The van der Waals surface area contributed by atoms with Crippen LogP contribution >= 0.6 is 0 Å². The predicted octanol–water partition coefficient (Wildman–Crippen LogP) is 1.84. The lowest BCUT2D eigenvalue weighted by Gasteiger charge is -2.11. The molecule has 0 aliphatic carbocycles. The molecule has 0 saturated carbocycles. The Hall–Kier alpha value is -1.59. The molecule has 0 radical (unpaired) electrons. The maximum absolute atomic E-state index is 9.83. The number of fused-ring (bicyclic) bond motifs is 1. The minimum absolute atomic E-state index is 0.422. The van der Waals surface area contributed by atoms with E-state index in [1.165, 1.54) is 4.68 Å². The zero-order valence-corrected chi connectivity index (χ0v) is 10.2. The smallest absolute Gasteiger partial charge is 0.257 e. The monoisotopic (exact) mass is 236 g/mol. The van der Waals surface area contributed by atoms with Gasteiger partial charge < -0.3 is 14.6 Å². The van der Waals surface area contributed by atoms with E-state index >= 15 is 0 Å². The van der Waals surface area contributed by atoms with Crippen LogP contribution in [-0.2, 0) is 4.74 Å². The van der Waals surface area contributed by atoms with Crippen LogP contribution in [0.4, 0.5) is 0 Å². The van der Waals surface area contributed by atoms with Crippen LogP contribution in [0.15, 0.2) is 18.2 Å². The fourth-order valence-electron chi connectivity index (χ4n) is 1.79. The molecule has 0 bridgehead atoms. The number of nitrogens with zero attached hydrogens (tertiary/aromatic N) is 2. The normalized spacial score (nSPS) is 12.9. The maximum Gasteiger partial charge on any atom is 0.257 e. The van der Waals surface area contributed by atoms with Crippen LogP contribution in [0, 0.1) is 6.92 Å². The van der Waals surface area contributed by atoms with Gasteiger partial charge in [-0.15, -0.1) is 0 Å². The van der Waals surface area contributed by atoms with Gasteiger partial charge in [0, 0.05) is 18.1 Å². The summed E-state index contributed by atoms with van der Waals surface area (Å²) in [5, 5.41) is 15.1. The van der Waals surface area contributed by atoms with E-state index in [9.17, 15) is 5.11 Å².